The van der Waals surface area contributed by atoms with E-state index in [1.54, 1.807) is 40.8 Å². The summed E-state index contributed by atoms with van der Waals surface area (Å²) in [7, 11) is 3.66. The quantitative estimate of drug-likeness (QED) is 0.755. The second-order valence-corrected chi connectivity index (χ2v) is 4.41. The molecule has 2 heterocycles. The lowest BCUT2D eigenvalue weighted by Gasteiger charge is -2.01. The summed E-state index contributed by atoms with van der Waals surface area (Å²) < 4.78 is 3.36. The number of nitrogens with zero attached hydrogens (tertiary/aromatic N) is 4. The predicted octanol–water partition coefficient (Wildman–Crippen LogP) is 1.56. The third-order valence-corrected chi connectivity index (χ3v) is 2.84. The van der Waals surface area contributed by atoms with Crippen molar-refractivity contribution in [2.45, 2.75) is 0 Å². The molecule has 3 rings (SSSR count). The first-order chi connectivity index (χ1) is 9.11. The van der Waals surface area contributed by atoms with Gasteiger partial charge in [-0.05, 0) is 12.1 Å². The molecule has 0 bridgehead atoms. The van der Waals surface area contributed by atoms with Crippen molar-refractivity contribution in [2.75, 3.05) is 5.32 Å². The van der Waals surface area contributed by atoms with Gasteiger partial charge in [-0.15, -0.1) is 0 Å². The van der Waals surface area contributed by atoms with Gasteiger partial charge < -0.3 is 5.32 Å². The standard InChI is InChI=1S/C13H13N5O/c1-17-6-5-12(16-17)14-13(19)9-3-4-10-8-18(2)15-11(10)7-9/h3-8H,1-2H3,(H,14,16,19). The molecule has 1 N–H and O–H groups in total. The molecule has 0 saturated carbocycles. The minimum atomic E-state index is -0.189. The number of rotatable bonds is 2. The van der Waals surface area contributed by atoms with E-state index in [1.165, 1.54) is 0 Å². The van der Waals surface area contributed by atoms with Gasteiger partial charge in [0, 0.05) is 43.5 Å². The highest BCUT2D eigenvalue weighted by molar-refractivity contribution is 6.05. The van der Waals surface area contributed by atoms with Gasteiger partial charge in [0.25, 0.3) is 5.91 Å². The molecule has 6 nitrogen and oxygen atoms in total. The third kappa shape index (κ3) is 2.20. The van der Waals surface area contributed by atoms with Crippen LogP contribution in [0, 0.1) is 0 Å². The Morgan fingerprint density at radius 2 is 2.00 bits per heavy atom. The Balaban J connectivity index is 1.88. The minimum Gasteiger partial charge on any atom is -0.305 e. The zero-order valence-electron chi connectivity index (χ0n) is 10.7. The van der Waals surface area contributed by atoms with Crippen LogP contribution < -0.4 is 5.32 Å². The number of nitrogens with one attached hydrogen (secondary N) is 1. The average Bonchev–Trinajstić information content (AvgIpc) is 2.93. The van der Waals surface area contributed by atoms with Crippen molar-refractivity contribution < 1.29 is 4.79 Å². The maximum Gasteiger partial charge on any atom is 0.256 e. The molecule has 6 heteroatoms. The first-order valence-electron chi connectivity index (χ1n) is 5.86. The monoisotopic (exact) mass is 255 g/mol. The summed E-state index contributed by atoms with van der Waals surface area (Å²) in [6, 6.07) is 7.18. The number of hydrogen-bond donors (Lipinski definition) is 1. The number of hydrogen-bond acceptors (Lipinski definition) is 3. The van der Waals surface area contributed by atoms with Crippen LogP contribution >= 0.6 is 0 Å². The van der Waals surface area contributed by atoms with E-state index in [0.717, 1.165) is 10.9 Å². The molecule has 0 spiro atoms. The molecule has 3 aromatic rings. The Labute approximate surface area is 109 Å². The number of carbonyl (C=O) groups is 1. The van der Waals surface area contributed by atoms with Crippen LogP contribution in [0.4, 0.5) is 5.82 Å². The van der Waals surface area contributed by atoms with E-state index in [1.807, 2.05) is 19.3 Å². The molecule has 0 unspecified atom stereocenters. The van der Waals surface area contributed by atoms with E-state index in [-0.39, 0.29) is 5.91 Å². The van der Waals surface area contributed by atoms with Gasteiger partial charge in [-0.2, -0.15) is 10.2 Å². The lowest BCUT2D eigenvalue weighted by molar-refractivity contribution is 0.102. The Bertz CT molecular complexity index is 755. The summed E-state index contributed by atoms with van der Waals surface area (Å²) in [6.45, 7) is 0. The molecular formula is C13H13N5O. The predicted molar refractivity (Wildman–Crippen MR) is 71.9 cm³/mol. The second-order valence-electron chi connectivity index (χ2n) is 4.41. The van der Waals surface area contributed by atoms with E-state index >= 15 is 0 Å². The number of carbonyl (C=O) groups excluding carboxylic acids is 1. The molecular weight excluding hydrogens is 242 g/mol. The number of aryl methyl sites for hydroxylation is 2. The SMILES string of the molecule is Cn1ccc(NC(=O)c2ccc3cn(C)nc3c2)n1. The number of amides is 1. The molecule has 1 aromatic carbocycles. The van der Waals surface area contributed by atoms with E-state index in [4.69, 9.17) is 0 Å². The Kier molecular flexibility index (Phi) is 2.56. The van der Waals surface area contributed by atoms with Crippen LogP contribution in [0.15, 0.2) is 36.7 Å². The lowest BCUT2D eigenvalue weighted by Crippen LogP contribution is -2.12. The lowest BCUT2D eigenvalue weighted by atomic mass is 10.1. The molecule has 1 amide bonds. The first kappa shape index (κ1) is 11.5. The van der Waals surface area contributed by atoms with Crippen molar-refractivity contribution in [2.24, 2.45) is 14.1 Å². The maximum atomic E-state index is 12.1. The Morgan fingerprint density at radius 3 is 2.74 bits per heavy atom. The largest absolute Gasteiger partial charge is 0.305 e. The van der Waals surface area contributed by atoms with E-state index in [9.17, 15) is 4.79 Å². The fourth-order valence-corrected chi connectivity index (χ4v) is 1.95. The van der Waals surface area contributed by atoms with Gasteiger partial charge in [0.1, 0.15) is 0 Å². The minimum absolute atomic E-state index is 0.189. The van der Waals surface area contributed by atoms with Crippen LogP contribution in [0.2, 0.25) is 0 Å². The highest BCUT2D eigenvalue weighted by Gasteiger charge is 2.09. The van der Waals surface area contributed by atoms with Gasteiger partial charge in [0.05, 0.1) is 5.52 Å². The smallest absolute Gasteiger partial charge is 0.256 e. The van der Waals surface area contributed by atoms with E-state index < -0.39 is 0 Å². The summed E-state index contributed by atoms with van der Waals surface area (Å²) in [5.41, 5.74) is 1.37. The highest BCUT2D eigenvalue weighted by Crippen LogP contribution is 2.15. The van der Waals surface area contributed by atoms with Crippen molar-refractivity contribution >= 4 is 22.6 Å². The van der Waals surface area contributed by atoms with Crippen LogP contribution in [-0.4, -0.2) is 25.5 Å². The molecule has 0 aliphatic heterocycles. The number of benzene rings is 1. The van der Waals surface area contributed by atoms with Gasteiger partial charge in [-0.3, -0.25) is 14.2 Å². The zero-order chi connectivity index (χ0) is 13.4. The van der Waals surface area contributed by atoms with Crippen molar-refractivity contribution in [1.82, 2.24) is 19.6 Å². The number of fused-ring (bicyclic) bond motifs is 1. The molecule has 96 valence electrons. The van der Waals surface area contributed by atoms with Crippen molar-refractivity contribution in [3.05, 3.63) is 42.2 Å². The summed E-state index contributed by atoms with van der Waals surface area (Å²) >= 11 is 0. The normalized spacial score (nSPS) is 10.8. The number of anilines is 1. The summed E-state index contributed by atoms with van der Waals surface area (Å²) in [6.07, 6.45) is 3.69. The second kappa shape index (κ2) is 4.24. The molecule has 0 atom stereocenters. The molecule has 2 aromatic heterocycles. The summed E-state index contributed by atoms with van der Waals surface area (Å²) in [4.78, 5) is 12.1. The molecule has 0 saturated heterocycles. The summed E-state index contributed by atoms with van der Waals surface area (Å²) in [5, 5.41) is 12.1. The molecule has 19 heavy (non-hydrogen) atoms. The maximum absolute atomic E-state index is 12.1. The van der Waals surface area contributed by atoms with Crippen LogP contribution in [0.25, 0.3) is 10.9 Å². The van der Waals surface area contributed by atoms with E-state index in [2.05, 4.69) is 15.5 Å². The highest BCUT2D eigenvalue weighted by atomic mass is 16.1. The van der Waals surface area contributed by atoms with Gasteiger partial charge in [0.2, 0.25) is 0 Å². The van der Waals surface area contributed by atoms with E-state index in [0.29, 0.717) is 11.4 Å². The van der Waals surface area contributed by atoms with Gasteiger partial charge in [-0.25, -0.2) is 0 Å². The fraction of sp³-hybridized carbons (Fsp3) is 0.154. The third-order valence-electron chi connectivity index (χ3n) is 2.84. The van der Waals surface area contributed by atoms with Gasteiger partial charge >= 0.3 is 0 Å². The average molecular weight is 255 g/mol. The molecule has 0 radical (unpaired) electrons. The van der Waals surface area contributed by atoms with Crippen molar-refractivity contribution in [1.29, 1.82) is 0 Å². The molecule has 0 aliphatic rings. The Morgan fingerprint density at radius 1 is 1.16 bits per heavy atom. The first-order valence-corrected chi connectivity index (χ1v) is 5.86. The van der Waals surface area contributed by atoms with Crippen LogP contribution in [-0.2, 0) is 14.1 Å². The van der Waals surface area contributed by atoms with Crippen LogP contribution in [0.3, 0.4) is 0 Å². The molecule has 0 aliphatic carbocycles. The van der Waals surface area contributed by atoms with Crippen molar-refractivity contribution in [3.8, 4) is 0 Å². The van der Waals surface area contributed by atoms with Crippen molar-refractivity contribution in [3.63, 3.8) is 0 Å². The summed E-state index contributed by atoms with van der Waals surface area (Å²) in [5.74, 6) is 0.347. The molecule has 0 fully saturated rings. The number of aromatic nitrogens is 4. The fourth-order valence-electron chi connectivity index (χ4n) is 1.95. The van der Waals surface area contributed by atoms with Gasteiger partial charge in [0.15, 0.2) is 5.82 Å². The Hall–Kier alpha value is -2.63. The van der Waals surface area contributed by atoms with Gasteiger partial charge in [-0.1, -0.05) is 6.07 Å². The topological polar surface area (TPSA) is 64.7 Å². The van der Waals surface area contributed by atoms with Crippen LogP contribution in [0.1, 0.15) is 10.4 Å². The van der Waals surface area contributed by atoms with Crippen LogP contribution in [0.5, 0.6) is 0 Å². The zero-order valence-corrected chi connectivity index (χ0v) is 10.7.